The quantitative estimate of drug-likeness (QED) is 0.814. The molecule has 0 bridgehead atoms. The van der Waals surface area contributed by atoms with E-state index in [-0.39, 0.29) is 24.9 Å². The van der Waals surface area contributed by atoms with Crippen molar-refractivity contribution in [2.24, 2.45) is 5.73 Å². The molecule has 0 radical (unpaired) electrons. The molecule has 0 aliphatic carbocycles. The van der Waals surface area contributed by atoms with Crippen molar-refractivity contribution in [2.45, 2.75) is 38.6 Å². The van der Waals surface area contributed by atoms with Crippen LogP contribution in [0.2, 0.25) is 0 Å². The zero-order valence-electron chi connectivity index (χ0n) is 12.1. The van der Waals surface area contributed by atoms with Crippen molar-refractivity contribution in [1.29, 1.82) is 0 Å². The zero-order valence-corrected chi connectivity index (χ0v) is 12.1. The Labute approximate surface area is 123 Å². The monoisotopic (exact) mass is 292 g/mol. The van der Waals surface area contributed by atoms with Crippen LogP contribution in [0.3, 0.4) is 0 Å². The van der Waals surface area contributed by atoms with Crippen molar-refractivity contribution in [3.63, 3.8) is 0 Å². The van der Waals surface area contributed by atoms with E-state index in [0.717, 1.165) is 18.5 Å². The van der Waals surface area contributed by atoms with Crippen molar-refractivity contribution in [3.05, 3.63) is 23.3 Å². The lowest BCUT2D eigenvalue weighted by Crippen LogP contribution is -2.35. The number of carbonyl (C=O) groups excluding carboxylic acids is 1. The van der Waals surface area contributed by atoms with Crippen molar-refractivity contribution in [2.75, 3.05) is 13.1 Å². The molecule has 0 unspecified atom stereocenters. The standard InChI is InChI=1S/C14H20N4O3/c1-9-16-10(4-5-14(20)21)7-11(17-9)12-3-2-6-18(12)13(19)8-15/h7,12H,2-6,8,15H2,1H3,(H,20,21)/t12-/m0/s1. The lowest BCUT2D eigenvalue weighted by Gasteiger charge is -2.24. The first kappa shape index (κ1) is 15.4. The smallest absolute Gasteiger partial charge is 0.303 e. The summed E-state index contributed by atoms with van der Waals surface area (Å²) < 4.78 is 0. The van der Waals surface area contributed by atoms with Gasteiger partial charge in [-0.1, -0.05) is 0 Å². The molecule has 1 aliphatic rings. The maximum atomic E-state index is 11.9. The summed E-state index contributed by atoms with van der Waals surface area (Å²) in [4.78, 5) is 33.0. The van der Waals surface area contributed by atoms with Gasteiger partial charge < -0.3 is 15.7 Å². The Hall–Kier alpha value is -2.02. The second-order valence-electron chi connectivity index (χ2n) is 5.17. The number of likely N-dealkylation sites (tertiary alicyclic amines) is 1. The van der Waals surface area contributed by atoms with Crippen LogP contribution in [0.1, 0.15) is 42.5 Å². The molecule has 21 heavy (non-hydrogen) atoms. The van der Waals surface area contributed by atoms with Gasteiger partial charge in [-0.2, -0.15) is 0 Å². The van der Waals surface area contributed by atoms with Crippen LogP contribution >= 0.6 is 0 Å². The van der Waals surface area contributed by atoms with Gasteiger partial charge in [-0.3, -0.25) is 9.59 Å². The zero-order chi connectivity index (χ0) is 15.4. The van der Waals surface area contributed by atoms with E-state index < -0.39 is 5.97 Å². The number of nitrogens with two attached hydrogens (primary N) is 1. The molecule has 1 aromatic rings. The maximum Gasteiger partial charge on any atom is 0.303 e. The summed E-state index contributed by atoms with van der Waals surface area (Å²) in [5, 5.41) is 8.76. The molecule has 2 rings (SSSR count). The first-order chi connectivity index (χ1) is 10.0. The fourth-order valence-corrected chi connectivity index (χ4v) is 2.68. The SMILES string of the molecule is Cc1nc(CCC(=O)O)cc([C@@H]2CCCN2C(=O)CN)n1. The predicted octanol–water partition coefficient (Wildman–Crippen LogP) is 0.424. The molecule has 7 nitrogen and oxygen atoms in total. The lowest BCUT2D eigenvalue weighted by molar-refractivity contribution is -0.137. The number of rotatable bonds is 5. The van der Waals surface area contributed by atoms with Crippen molar-refractivity contribution in [1.82, 2.24) is 14.9 Å². The Morgan fingerprint density at radius 1 is 1.48 bits per heavy atom. The van der Waals surface area contributed by atoms with E-state index in [2.05, 4.69) is 9.97 Å². The van der Waals surface area contributed by atoms with Crippen LogP contribution in [0.25, 0.3) is 0 Å². The highest BCUT2D eigenvalue weighted by Crippen LogP contribution is 2.31. The largest absolute Gasteiger partial charge is 0.481 e. The fraction of sp³-hybridized carbons (Fsp3) is 0.571. The summed E-state index contributed by atoms with van der Waals surface area (Å²) in [6, 6.07) is 1.73. The molecule has 1 fully saturated rings. The molecule has 2 heterocycles. The molecular weight excluding hydrogens is 272 g/mol. The average molecular weight is 292 g/mol. The fourth-order valence-electron chi connectivity index (χ4n) is 2.68. The van der Waals surface area contributed by atoms with E-state index in [1.807, 2.05) is 6.07 Å². The Morgan fingerprint density at radius 3 is 2.90 bits per heavy atom. The first-order valence-corrected chi connectivity index (χ1v) is 7.07. The molecule has 1 saturated heterocycles. The van der Waals surface area contributed by atoms with Gasteiger partial charge in [-0.25, -0.2) is 9.97 Å². The van der Waals surface area contributed by atoms with Crippen LogP contribution in [-0.2, 0) is 16.0 Å². The summed E-state index contributed by atoms with van der Waals surface area (Å²) in [7, 11) is 0. The number of aryl methyl sites for hydroxylation is 2. The van der Waals surface area contributed by atoms with Crippen molar-refractivity contribution in [3.8, 4) is 0 Å². The maximum absolute atomic E-state index is 11.9. The minimum absolute atomic E-state index is 0.00750. The van der Waals surface area contributed by atoms with E-state index in [1.165, 1.54) is 0 Å². The normalized spacial score (nSPS) is 18.0. The van der Waals surface area contributed by atoms with Crippen molar-refractivity contribution >= 4 is 11.9 Å². The van der Waals surface area contributed by atoms with Gasteiger partial charge in [0.2, 0.25) is 5.91 Å². The molecule has 0 saturated carbocycles. The van der Waals surface area contributed by atoms with Gasteiger partial charge in [-0.15, -0.1) is 0 Å². The Morgan fingerprint density at radius 2 is 2.24 bits per heavy atom. The Balaban J connectivity index is 2.22. The molecule has 1 aromatic heterocycles. The third-order valence-electron chi connectivity index (χ3n) is 3.59. The molecule has 7 heteroatoms. The number of hydrogen-bond donors (Lipinski definition) is 2. The number of aliphatic carboxylic acids is 1. The third kappa shape index (κ3) is 3.75. The van der Waals surface area contributed by atoms with E-state index >= 15 is 0 Å². The van der Waals surface area contributed by atoms with Crippen LogP contribution in [0.15, 0.2) is 6.07 Å². The van der Waals surface area contributed by atoms with E-state index in [4.69, 9.17) is 10.8 Å². The number of aromatic nitrogens is 2. The van der Waals surface area contributed by atoms with Crippen LogP contribution in [-0.4, -0.2) is 44.9 Å². The van der Waals surface area contributed by atoms with E-state index in [0.29, 0.717) is 24.5 Å². The minimum atomic E-state index is -0.853. The summed E-state index contributed by atoms with van der Waals surface area (Å²) in [5.41, 5.74) is 6.92. The van der Waals surface area contributed by atoms with Gasteiger partial charge in [0.05, 0.1) is 24.7 Å². The highest BCUT2D eigenvalue weighted by atomic mass is 16.4. The Kier molecular flexibility index (Phi) is 4.85. The van der Waals surface area contributed by atoms with Gasteiger partial charge in [0, 0.05) is 18.7 Å². The van der Waals surface area contributed by atoms with Gasteiger partial charge >= 0.3 is 5.97 Å². The van der Waals surface area contributed by atoms with Crippen molar-refractivity contribution < 1.29 is 14.7 Å². The molecule has 1 atom stereocenters. The second-order valence-corrected chi connectivity index (χ2v) is 5.17. The highest BCUT2D eigenvalue weighted by Gasteiger charge is 2.30. The number of hydrogen-bond acceptors (Lipinski definition) is 5. The summed E-state index contributed by atoms with van der Waals surface area (Å²) in [6.07, 6.45) is 2.17. The summed E-state index contributed by atoms with van der Waals surface area (Å²) >= 11 is 0. The summed E-state index contributed by atoms with van der Waals surface area (Å²) in [5.74, 6) is -0.339. The molecule has 3 N–H and O–H groups in total. The Bertz CT molecular complexity index is 547. The van der Waals surface area contributed by atoms with Gasteiger partial charge in [0.15, 0.2) is 0 Å². The number of carboxylic acids is 1. The van der Waals surface area contributed by atoms with Crippen LogP contribution in [0, 0.1) is 6.92 Å². The van der Waals surface area contributed by atoms with Gasteiger partial charge in [-0.05, 0) is 25.8 Å². The molecule has 1 amide bonds. The average Bonchev–Trinajstić information content (AvgIpc) is 2.93. The molecule has 1 aliphatic heterocycles. The van der Waals surface area contributed by atoms with Gasteiger partial charge in [0.25, 0.3) is 0 Å². The van der Waals surface area contributed by atoms with Crippen LogP contribution in [0.4, 0.5) is 0 Å². The number of amides is 1. The lowest BCUT2D eigenvalue weighted by atomic mass is 10.1. The topological polar surface area (TPSA) is 109 Å². The minimum Gasteiger partial charge on any atom is -0.481 e. The molecule has 0 aromatic carbocycles. The number of nitrogens with zero attached hydrogens (tertiary/aromatic N) is 3. The predicted molar refractivity (Wildman–Crippen MR) is 75.5 cm³/mol. The second kappa shape index (κ2) is 6.62. The number of carboxylic acid groups (broad SMARTS) is 1. The van der Waals surface area contributed by atoms with Gasteiger partial charge in [0.1, 0.15) is 5.82 Å². The van der Waals surface area contributed by atoms with Crippen LogP contribution in [0.5, 0.6) is 0 Å². The van der Waals surface area contributed by atoms with Crippen LogP contribution < -0.4 is 5.73 Å². The van der Waals surface area contributed by atoms with E-state index in [1.54, 1.807) is 11.8 Å². The third-order valence-corrected chi connectivity index (χ3v) is 3.59. The molecule has 114 valence electrons. The van der Waals surface area contributed by atoms with E-state index in [9.17, 15) is 9.59 Å². The first-order valence-electron chi connectivity index (χ1n) is 7.07. The highest BCUT2D eigenvalue weighted by molar-refractivity contribution is 5.78. The molecular formula is C14H20N4O3. The summed E-state index contributed by atoms with van der Waals surface area (Å²) in [6.45, 7) is 2.46. The molecule has 0 spiro atoms. The number of carbonyl (C=O) groups is 2.